The number of nitrogens with zero attached hydrogens (tertiary/aromatic N) is 5. The minimum absolute atomic E-state index is 0.380. The van der Waals surface area contributed by atoms with Gasteiger partial charge in [0.05, 0.1) is 17.4 Å². The number of anilines is 2. The van der Waals surface area contributed by atoms with E-state index < -0.39 is 0 Å². The van der Waals surface area contributed by atoms with Crippen LogP contribution in [0.1, 0.15) is 25.5 Å². The van der Waals surface area contributed by atoms with Gasteiger partial charge in [0.1, 0.15) is 12.1 Å². The van der Waals surface area contributed by atoms with Crippen LogP contribution < -0.4 is 10.2 Å². The van der Waals surface area contributed by atoms with E-state index in [2.05, 4.69) is 43.1 Å². The molecule has 1 aliphatic heterocycles. The Hall–Kier alpha value is -1.95. The summed E-state index contributed by atoms with van der Waals surface area (Å²) in [4.78, 5) is 19.3. The average Bonchev–Trinajstić information content (AvgIpc) is 2.58. The number of nitrogens with one attached hydrogen (secondary N) is 1. The topological polar surface area (TPSA) is 66.8 Å². The molecule has 22 heavy (non-hydrogen) atoms. The molecular formula is C15H19ClN6. The van der Waals surface area contributed by atoms with Gasteiger partial charge in [0.25, 0.3) is 0 Å². The van der Waals surface area contributed by atoms with E-state index in [9.17, 15) is 0 Å². The van der Waals surface area contributed by atoms with Crippen LogP contribution in [0.2, 0.25) is 5.02 Å². The Bertz CT molecular complexity index is 610. The summed E-state index contributed by atoms with van der Waals surface area (Å²) in [6, 6.07) is 2.46. The number of hydrogen-bond donors (Lipinski definition) is 1. The van der Waals surface area contributed by atoms with Crippen LogP contribution in [-0.4, -0.2) is 39.1 Å². The molecule has 0 radical (unpaired) electrons. The van der Waals surface area contributed by atoms with E-state index in [0.717, 1.165) is 43.9 Å². The maximum absolute atomic E-state index is 5.79. The number of rotatable bonds is 4. The summed E-state index contributed by atoms with van der Waals surface area (Å²) in [6.45, 7) is 4.03. The molecule has 0 spiro atoms. The van der Waals surface area contributed by atoms with E-state index in [1.54, 1.807) is 18.7 Å². The fourth-order valence-electron chi connectivity index (χ4n) is 2.57. The molecular weight excluding hydrogens is 300 g/mol. The maximum Gasteiger partial charge on any atom is 0.222 e. The van der Waals surface area contributed by atoms with Crippen molar-refractivity contribution in [3.05, 3.63) is 35.5 Å². The quantitative estimate of drug-likeness (QED) is 0.934. The second kappa shape index (κ2) is 6.87. The molecule has 2 aromatic heterocycles. The van der Waals surface area contributed by atoms with E-state index >= 15 is 0 Å². The lowest BCUT2D eigenvalue weighted by Crippen LogP contribution is -2.39. The molecule has 3 heterocycles. The average molecular weight is 319 g/mol. The number of aryl methyl sites for hydroxylation is 1. The van der Waals surface area contributed by atoms with E-state index in [-0.39, 0.29) is 0 Å². The monoisotopic (exact) mass is 318 g/mol. The van der Waals surface area contributed by atoms with Gasteiger partial charge in [0, 0.05) is 30.9 Å². The van der Waals surface area contributed by atoms with Crippen LogP contribution in [0.25, 0.3) is 0 Å². The fraction of sp³-hybridized carbons (Fsp3) is 0.467. The third-order valence-electron chi connectivity index (χ3n) is 3.84. The van der Waals surface area contributed by atoms with Crippen LogP contribution in [0.3, 0.4) is 0 Å². The van der Waals surface area contributed by atoms with Crippen molar-refractivity contribution in [2.45, 2.75) is 32.2 Å². The molecule has 1 fully saturated rings. The summed E-state index contributed by atoms with van der Waals surface area (Å²) in [7, 11) is 0. The lowest BCUT2D eigenvalue weighted by Gasteiger charge is -2.33. The Morgan fingerprint density at radius 2 is 1.91 bits per heavy atom. The summed E-state index contributed by atoms with van der Waals surface area (Å²) in [5.74, 6) is 1.66. The Balaban J connectivity index is 1.56. The van der Waals surface area contributed by atoms with Gasteiger partial charge in [0.2, 0.25) is 5.95 Å². The first-order valence-electron chi connectivity index (χ1n) is 7.54. The molecule has 0 amide bonds. The van der Waals surface area contributed by atoms with E-state index in [1.807, 2.05) is 0 Å². The largest absolute Gasteiger partial charge is 0.356 e. The van der Waals surface area contributed by atoms with Crippen molar-refractivity contribution in [3.63, 3.8) is 0 Å². The smallest absolute Gasteiger partial charge is 0.222 e. The summed E-state index contributed by atoms with van der Waals surface area (Å²) in [5, 5.41) is 3.91. The summed E-state index contributed by atoms with van der Waals surface area (Å²) >= 11 is 5.79. The van der Waals surface area contributed by atoms with Crippen molar-refractivity contribution in [1.82, 2.24) is 19.9 Å². The highest BCUT2D eigenvalue weighted by atomic mass is 35.5. The summed E-state index contributed by atoms with van der Waals surface area (Å²) in [5.41, 5.74) is 1.08. The Labute approximate surface area is 135 Å². The predicted octanol–water partition coefficient (Wildman–Crippen LogP) is 2.56. The van der Waals surface area contributed by atoms with Crippen LogP contribution in [0.15, 0.2) is 24.8 Å². The molecule has 0 atom stereocenters. The fourth-order valence-corrected chi connectivity index (χ4v) is 2.67. The minimum Gasteiger partial charge on any atom is -0.356 e. The van der Waals surface area contributed by atoms with Crippen LogP contribution in [0.5, 0.6) is 0 Å². The number of halogens is 1. The third-order valence-corrected chi connectivity index (χ3v) is 4.04. The van der Waals surface area contributed by atoms with E-state index in [4.69, 9.17) is 11.6 Å². The molecule has 1 N–H and O–H groups in total. The second-order valence-electron chi connectivity index (χ2n) is 5.35. The molecule has 2 aromatic rings. The molecule has 0 bridgehead atoms. The van der Waals surface area contributed by atoms with Crippen molar-refractivity contribution >= 4 is 23.4 Å². The number of aromatic nitrogens is 4. The van der Waals surface area contributed by atoms with E-state index in [1.165, 1.54) is 0 Å². The highest BCUT2D eigenvalue weighted by Gasteiger charge is 2.20. The highest BCUT2D eigenvalue weighted by Crippen LogP contribution is 2.20. The van der Waals surface area contributed by atoms with Crippen LogP contribution in [0, 0.1) is 0 Å². The van der Waals surface area contributed by atoms with Gasteiger partial charge in [-0.3, -0.25) is 0 Å². The number of hydrogen-bond acceptors (Lipinski definition) is 6. The van der Waals surface area contributed by atoms with Crippen molar-refractivity contribution < 1.29 is 0 Å². The molecule has 0 aliphatic carbocycles. The van der Waals surface area contributed by atoms with Crippen molar-refractivity contribution in [3.8, 4) is 0 Å². The SMILES string of the molecule is CCc1cc(N2CCC(Nc3ncc(Cl)cn3)CC2)ncn1. The lowest BCUT2D eigenvalue weighted by molar-refractivity contribution is 0.520. The van der Waals surface area contributed by atoms with Crippen LogP contribution >= 0.6 is 11.6 Å². The Morgan fingerprint density at radius 3 is 2.59 bits per heavy atom. The first-order chi connectivity index (χ1) is 10.7. The summed E-state index contributed by atoms with van der Waals surface area (Å²) in [6.07, 6.45) is 7.86. The van der Waals surface area contributed by atoms with Gasteiger partial charge >= 0.3 is 0 Å². The molecule has 1 saturated heterocycles. The zero-order chi connectivity index (χ0) is 15.4. The molecule has 7 heteroatoms. The van der Waals surface area contributed by atoms with Gasteiger partial charge in [-0.25, -0.2) is 19.9 Å². The number of piperidine rings is 1. The first kappa shape index (κ1) is 15.0. The first-order valence-corrected chi connectivity index (χ1v) is 7.92. The van der Waals surface area contributed by atoms with E-state index in [0.29, 0.717) is 17.0 Å². The molecule has 0 aromatic carbocycles. The molecule has 116 valence electrons. The summed E-state index contributed by atoms with van der Waals surface area (Å²) < 4.78 is 0. The van der Waals surface area contributed by atoms with Gasteiger partial charge < -0.3 is 10.2 Å². The van der Waals surface area contributed by atoms with Gasteiger partial charge in [-0.1, -0.05) is 18.5 Å². The molecule has 0 unspecified atom stereocenters. The predicted molar refractivity (Wildman–Crippen MR) is 87.3 cm³/mol. The molecule has 6 nitrogen and oxygen atoms in total. The van der Waals surface area contributed by atoms with Crippen LogP contribution in [0.4, 0.5) is 11.8 Å². The van der Waals surface area contributed by atoms with Crippen molar-refractivity contribution in [2.24, 2.45) is 0 Å². The zero-order valence-corrected chi connectivity index (χ0v) is 13.3. The standard InChI is InChI=1S/C15H19ClN6/c1-2-12-7-14(20-10-19-12)22-5-3-13(4-6-22)21-15-17-8-11(16)9-18-15/h7-10,13H,2-6H2,1H3,(H,17,18,21). The van der Waals surface area contributed by atoms with Gasteiger partial charge in [-0.2, -0.15) is 0 Å². The normalized spacial score (nSPS) is 15.8. The van der Waals surface area contributed by atoms with Gasteiger partial charge in [-0.15, -0.1) is 0 Å². The Kier molecular flexibility index (Phi) is 4.68. The zero-order valence-electron chi connectivity index (χ0n) is 12.5. The molecule has 1 aliphatic rings. The van der Waals surface area contributed by atoms with Crippen molar-refractivity contribution in [2.75, 3.05) is 23.3 Å². The lowest BCUT2D eigenvalue weighted by atomic mass is 10.1. The highest BCUT2D eigenvalue weighted by molar-refractivity contribution is 6.30. The second-order valence-corrected chi connectivity index (χ2v) is 5.79. The molecule has 3 rings (SSSR count). The van der Waals surface area contributed by atoms with Crippen LogP contribution in [-0.2, 0) is 6.42 Å². The minimum atomic E-state index is 0.380. The third kappa shape index (κ3) is 3.62. The van der Waals surface area contributed by atoms with Gasteiger partial charge in [-0.05, 0) is 19.3 Å². The Morgan fingerprint density at radius 1 is 1.18 bits per heavy atom. The maximum atomic E-state index is 5.79. The van der Waals surface area contributed by atoms with Gasteiger partial charge in [0.15, 0.2) is 0 Å². The molecule has 0 saturated carbocycles. The van der Waals surface area contributed by atoms with Crippen molar-refractivity contribution in [1.29, 1.82) is 0 Å².